The SMILES string of the molecule is CCC1(C)OC(=O)CC1=N. The van der Waals surface area contributed by atoms with Crippen LogP contribution in [0.2, 0.25) is 0 Å². The van der Waals surface area contributed by atoms with Crippen LogP contribution in [0.1, 0.15) is 26.7 Å². The fraction of sp³-hybridized carbons (Fsp3) is 0.714. The third kappa shape index (κ3) is 0.916. The Kier molecular flexibility index (Phi) is 1.50. The summed E-state index contributed by atoms with van der Waals surface area (Å²) in [7, 11) is 0. The lowest BCUT2D eigenvalue weighted by Gasteiger charge is -2.19. The molecule has 1 heterocycles. The molecule has 1 N–H and O–H groups in total. The quantitative estimate of drug-likeness (QED) is 0.556. The molecule has 0 aliphatic carbocycles. The number of nitrogens with one attached hydrogen (secondary N) is 1. The minimum absolute atomic E-state index is 0.171. The molecule has 1 aliphatic rings. The van der Waals surface area contributed by atoms with Crippen LogP contribution >= 0.6 is 0 Å². The van der Waals surface area contributed by atoms with Crippen LogP contribution in [0, 0.1) is 5.41 Å². The second-order valence-corrected chi connectivity index (χ2v) is 2.71. The molecule has 1 fully saturated rings. The molecule has 1 saturated heterocycles. The van der Waals surface area contributed by atoms with Crippen molar-refractivity contribution < 1.29 is 9.53 Å². The molecule has 3 heteroatoms. The second kappa shape index (κ2) is 2.08. The zero-order valence-corrected chi connectivity index (χ0v) is 6.23. The Hall–Kier alpha value is -0.860. The smallest absolute Gasteiger partial charge is 0.312 e. The van der Waals surface area contributed by atoms with Crippen molar-refractivity contribution in [1.82, 2.24) is 0 Å². The van der Waals surface area contributed by atoms with E-state index in [0.717, 1.165) is 0 Å². The van der Waals surface area contributed by atoms with E-state index in [9.17, 15) is 4.79 Å². The Labute approximate surface area is 59.9 Å². The van der Waals surface area contributed by atoms with Crippen LogP contribution in [0.15, 0.2) is 0 Å². The third-order valence-corrected chi connectivity index (χ3v) is 1.97. The largest absolute Gasteiger partial charge is 0.453 e. The summed E-state index contributed by atoms with van der Waals surface area (Å²) in [5, 5.41) is 7.39. The van der Waals surface area contributed by atoms with Gasteiger partial charge in [-0.2, -0.15) is 0 Å². The van der Waals surface area contributed by atoms with Crippen LogP contribution in [0.3, 0.4) is 0 Å². The van der Waals surface area contributed by atoms with E-state index in [1.807, 2.05) is 6.92 Å². The molecule has 1 atom stereocenters. The van der Waals surface area contributed by atoms with Gasteiger partial charge in [-0.05, 0) is 13.3 Å². The average molecular weight is 141 g/mol. The van der Waals surface area contributed by atoms with Crippen LogP contribution in [-0.4, -0.2) is 17.3 Å². The van der Waals surface area contributed by atoms with Gasteiger partial charge in [0.25, 0.3) is 0 Å². The standard InChI is InChI=1S/C7H11NO2/c1-3-7(2)5(8)4-6(9)10-7/h8H,3-4H2,1-2H3. The summed E-state index contributed by atoms with van der Waals surface area (Å²) >= 11 is 0. The monoisotopic (exact) mass is 141 g/mol. The van der Waals surface area contributed by atoms with Gasteiger partial charge in [0, 0.05) is 0 Å². The maximum absolute atomic E-state index is 10.7. The van der Waals surface area contributed by atoms with Crippen molar-refractivity contribution in [2.24, 2.45) is 0 Å². The van der Waals surface area contributed by atoms with Crippen molar-refractivity contribution in [3.63, 3.8) is 0 Å². The van der Waals surface area contributed by atoms with Crippen LogP contribution in [0.25, 0.3) is 0 Å². The molecule has 0 radical (unpaired) electrons. The summed E-state index contributed by atoms with van der Waals surface area (Å²) < 4.78 is 4.95. The third-order valence-electron chi connectivity index (χ3n) is 1.97. The first kappa shape index (κ1) is 7.25. The minimum atomic E-state index is -0.600. The van der Waals surface area contributed by atoms with Gasteiger partial charge in [0.2, 0.25) is 0 Å². The number of hydrogen-bond acceptors (Lipinski definition) is 3. The van der Waals surface area contributed by atoms with Crippen molar-refractivity contribution in [1.29, 1.82) is 5.41 Å². The first-order chi connectivity index (χ1) is 4.58. The molecule has 0 aromatic rings. The van der Waals surface area contributed by atoms with Crippen molar-refractivity contribution in [2.75, 3.05) is 0 Å². The summed E-state index contributed by atoms with van der Waals surface area (Å²) in [5.74, 6) is -0.269. The summed E-state index contributed by atoms with van der Waals surface area (Å²) in [6, 6.07) is 0. The van der Waals surface area contributed by atoms with E-state index in [1.54, 1.807) is 6.92 Å². The van der Waals surface area contributed by atoms with Gasteiger partial charge >= 0.3 is 5.97 Å². The van der Waals surface area contributed by atoms with Gasteiger partial charge in [-0.3, -0.25) is 4.79 Å². The first-order valence-corrected chi connectivity index (χ1v) is 3.38. The van der Waals surface area contributed by atoms with Gasteiger partial charge in [-0.15, -0.1) is 0 Å². The molecule has 0 aromatic heterocycles. The summed E-state index contributed by atoms with van der Waals surface area (Å²) in [4.78, 5) is 10.7. The van der Waals surface area contributed by atoms with E-state index in [2.05, 4.69) is 0 Å². The number of carbonyl (C=O) groups excluding carboxylic acids is 1. The van der Waals surface area contributed by atoms with E-state index in [4.69, 9.17) is 10.1 Å². The van der Waals surface area contributed by atoms with Crippen molar-refractivity contribution in [3.8, 4) is 0 Å². The predicted molar refractivity (Wildman–Crippen MR) is 37.1 cm³/mol. The molecule has 3 nitrogen and oxygen atoms in total. The van der Waals surface area contributed by atoms with E-state index in [1.165, 1.54) is 0 Å². The number of carbonyl (C=O) groups is 1. The molecule has 1 unspecified atom stereocenters. The molecule has 10 heavy (non-hydrogen) atoms. The van der Waals surface area contributed by atoms with Gasteiger partial charge in [0.1, 0.15) is 5.60 Å². The lowest BCUT2D eigenvalue weighted by atomic mass is 9.98. The molecule has 1 rings (SSSR count). The lowest BCUT2D eigenvalue weighted by molar-refractivity contribution is -0.146. The zero-order chi connectivity index (χ0) is 7.78. The van der Waals surface area contributed by atoms with Gasteiger partial charge < -0.3 is 10.1 Å². The molecule has 1 aliphatic heterocycles. The van der Waals surface area contributed by atoms with E-state index >= 15 is 0 Å². The fourth-order valence-corrected chi connectivity index (χ4v) is 0.966. The second-order valence-electron chi connectivity index (χ2n) is 2.71. The highest BCUT2D eigenvalue weighted by atomic mass is 16.6. The number of hydrogen-bond donors (Lipinski definition) is 1. The van der Waals surface area contributed by atoms with E-state index in [0.29, 0.717) is 12.1 Å². The Morgan fingerprint density at radius 2 is 2.40 bits per heavy atom. The number of esters is 1. The Morgan fingerprint density at radius 1 is 1.80 bits per heavy atom. The summed E-state index contributed by atoms with van der Waals surface area (Å²) in [5.41, 5.74) is -0.197. The number of ether oxygens (including phenoxy) is 1. The topological polar surface area (TPSA) is 50.2 Å². The molecule has 0 bridgehead atoms. The van der Waals surface area contributed by atoms with Gasteiger partial charge in [-0.1, -0.05) is 6.92 Å². The zero-order valence-electron chi connectivity index (χ0n) is 6.23. The lowest BCUT2D eigenvalue weighted by Crippen LogP contribution is -2.30. The van der Waals surface area contributed by atoms with Crippen LogP contribution < -0.4 is 0 Å². The first-order valence-electron chi connectivity index (χ1n) is 3.38. The molecular weight excluding hydrogens is 130 g/mol. The Balaban J connectivity index is 2.80. The highest BCUT2D eigenvalue weighted by molar-refractivity contribution is 6.07. The van der Waals surface area contributed by atoms with E-state index in [-0.39, 0.29) is 12.4 Å². The number of cyclic esters (lactones) is 1. The highest BCUT2D eigenvalue weighted by Gasteiger charge is 2.39. The maximum atomic E-state index is 10.7. The minimum Gasteiger partial charge on any atom is -0.453 e. The van der Waals surface area contributed by atoms with Crippen LogP contribution in [-0.2, 0) is 9.53 Å². The Bertz CT molecular complexity index is 188. The van der Waals surface area contributed by atoms with Crippen LogP contribution in [0.4, 0.5) is 0 Å². The van der Waals surface area contributed by atoms with Crippen molar-refractivity contribution in [3.05, 3.63) is 0 Å². The maximum Gasteiger partial charge on any atom is 0.312 e. The van der Waals surface area contributed by atoms with Crippen molar-refractivity contribution in [2.45, 2.75) is 32.3 Å². The summed E-state index contributed by atoms with van der Waals surface area (Å²) in [6.07, 6.45) is 0.863. The highest BCUT2D eigenvalue weighted by Crippen LogP contribution is 2.25. The predicted octanol–water partition coefficient (Wildman–Crippen LogP) is 1.12. The molecule has 0 aromatic carbocycles. The normalized spacial score (nSPS) is 32.6. The van der Waals surface area contributed by atoms with Crippen molar-refractivity contribution >= 4 is 11.7 Å². The van der Waals surface area contributed by atoms with Crippen LogP contribution in [0.5, 0.6) is 0 Å². The fourth-order valence-electron chi connectivity index (χ4n) is 0.966. The molecule has 56 valence electrons. The van der Waals surface area contributed by atoms with Gasteiger partial charge in [0.05, 0.1) is 12.1 Å². The summed E-state index contributed by atoms with van der Waals surface area (Å²) in [6.45, 7) is 3.69. The number of rotatable bonds is 1. The molecular formula is C7H11NO2. The van der Waals surface area contributed by atoms with Gasteiger partial charge in [-0.25, -0.2) is 0 Å². The average Bonchev–Trinajstić information content (AvgIpc) is 2.09. The van der Waals surface area contributed by atoms with Gasteiger partial charge in [0.15, 0.2) is 0 Å². The molecule has 0 spiro atoms. The Morgan fingerprint density at radius 3 is 2.60 bits per heavy atom. The van der Waals surface area contributed by atoms with E-state index < -0.39 is 5.60 Å². The molecule has 0 saturated carbocycles. The molecule has 0 amide bonds.